The van der Waals surface area contributed by atoms with E-state index < -0.39 is 7.25 Å². The van der Waals surface area contributed by atoms with Gasteiger partial charge in [0.05, 0.1) is 0 Å². The first-order valence-electron chi connectivity index (χ1n) is 6.11. The predicted molar refractivity (Wildman–Crippen MR) is 72.4 cm³/mol. The lowest BCUT2D eigenvalue weighted by Crippen LogP contribution is -2.37. The van der Waals surface area contributed by atoms with E-state index >= 15 is 0 Å². The third-order valence-electron chi connectivity index (χ3n) is 2.59. The lowest BCUT2D eigenvalue weighted by Gasteiger charge is -2.04. The fourth-order valence-electron chi connectivity index (χ4n) is 2.09. The van der Waals surface area contributed by atoms with Crippen LogP contribution in [0.1, 0.15) is 17.0 Å². The van der Waals surface area contributed by atoms with E-state index in [4.69, 9.17) is 0 Å². The van der Waals surface area contributed by atoms with Crippen LogP contribution < -0.4 is 4.57 Å². The molecule has 0 spiro atoms. The van der Waals surface area contributed by atoms with Crippen molar-refractivity contribution in [3.05, 3.63) is 59.4 Å². The molecule has 0 saturated heterocycles. The lowest BCUT2D eigenvalue weighted by atomic mass is 10.2. The molecule has 1 aromatic heterocycles. The maximum absolute atomic E-state index is 9.75. The lowest BCUT2D eigenvalue weighted by molar-refractivity contribution is -0.609. The highest BCUT2D eigenvalue weighted by Crippen LogP contribution is 2.07. The van der Waals surface area contributed by atoms with Crippen LogP contribution in [-0.4, -0.2) is 7.25 Å². The van der Waals surface area contributed by atoms with Crippen LogP contribution in [-0.2, 0) is 0 Å². The Kier molecular flexibility index (Phi) is 5.30. The molecule has 1 heterocycles. The van der Waals surface area contributed by atoms with Gasteiger partial charge in [0.25, 0.3) is 0 Å². The highest BCUT2D eigenvalue weighted by molar-refractivity contribution is 6.50. The van der Waals surface area contributed by atoms with Crippen LogP contribution in [0.4, 0.5) is 17.3 Å². The third-order valence-corrected chi connectivity index (χ3v) is 2.59. The fraction of sp³-hybridized carbons (Fsp3) is 0.214. The van der Waals surface area contributed by atoms with Gasteiger partial charge in [-0.3, -0.25) is 0 Å². The summed E-state index contributed by atoms with van der Waals surface area (Å²) < 4.78 is 41.3. The van der Waals surface area contributed by atoms with E-state index in [-0.39, 0.29) is 0 Å². The van der Waals surface area contributed by atoms with Crippen molar-refractivity contribution in [2.75, 3.05) is 0 Å². The van der Waals surface area contributed by atoms with Crippen molar-refractivity contribution >= 4 is 7.25 Å². The fourth-order valence-corrected chi connectivity index (χ4v) is 2.09. The van der Waals surface area contributed by atoms with E-state index in [1.165, 1.54) is 22.6 Å². The summed E-state index contributed by atoms with van der Waals surface area (Å²) in [5.74, 6) is 0. The first kappa shape index (κ1) is 16.2. The van der Waals surface area contributed by atoms with Gasteiger partial charge in [0, 0.05) is 38.1 Å². The van der Waals surface area contributed by atoms with Crippen molar-refractivity contribution in [1.29, 1.82) is 0 Å². The standard InChI is InChI=1S/C14H16N.BF4/c1-11-9-12(2)15(13(3)10-11)14-7-5-4-6-8-14;2-1(3,4)5/h4-10H,1-3H3;/q+1;-1. The Morgan fingerprint density at radius 1 is 0.800 bits per heavy atom. The van der Waals surface area contributed by atoms with Crippen molar-refractivity contribution in [1.82, 2.24) is 0 Å². The summed E-state index contributed by atoms with van der Waals surface area (Å²) in [5.41, 5.74) is 5.10. The summed E-state index contributed by atoms with van der Waals surface area (Å²) in [6, 6.07) is 14.9. The molecule has 0 N–H and O–H groups in total. The predicted octanol–water partition coefficient (Wildman–Crippen LogP) is 4.19. The Morgan fingerprint density at radius 3 is 1.60 bits per heavy atom. The molecule has 0 unspecified atom stereocenters. The number of para-hydroxylation sites is 1. The van der Waals surface area contributed by atoms with Crippen molar-refractivity contribution in [2.45, 2.75) is 20.8 Å². The van der Waals surface area contributed by atoms with E-state index in [9.17, 15) is 17.3 Å². The first-order valence-corrected chi connectivity index (χ1v) is 6.11. The molecule has 0 radical (unpaired) electrons. The maximum Gasteiger partial charge on any atom is 0.673 e. The summed E-state index contributed by atoms with van der Waals surface area (Å²) in [4.78, 5) is 0. The van der Waals surface area contributed by atoms with Crippen LogP contribution in [0, 0.1) is 20.8 Å². The van der Waals surface area contributed by atoms with Crippen LogP contribution in [0.3, 0.4) is 0 Å². The van der Waals surface area contributed by atoms with Crippen LogP contribution in [0.2, 0.25) is 0 Å². The molecule has 20 heavy (non-hydrogen) atoms. The monoisotopic (exact) mass is 285 g/mol. The Balaban J connectivity index is 0.000000347. The second-order valence-electron chi connectivity index (χ2n) is 4.48. The van der Waals surface area contributed by atoms with Gasteiger partial charge < -0.3 is 17.3 Å². The molecule has 6 heteroatoms. The molecule has 0 fully saturated rings. The molecule has 0 aliphatic carbocycles. The number of aryl methyl sites for hydroxylation is 3. The van der Waals surface area contributed by atoms with E-state index in [2.05, 4.69) is 61.7 Å². The van der Waals surface area contributed by atoms with Crippen LogP contribution in [0.25, 0.3) is 5.69 Å². The molecule has 0 bridgehead atoms. The highest BCUT2D eigenvalue weighted by atomic mass is 19.5. The van der Waals surface area contributed by atoms with Gasteiger partial charge in [-0.2, -0.15) is 4.57 Å². The van der Waals surface area contributed by atoms with Crippen molar-refractivity contribution < 1.29 is 21.8 Å². The van der Waals surface area contributed by atoms with Gasteiger partial charge in [0.15, 0.2) is 11.4 Å². The number of benzene rings is 1. The summed E-state index contributed by atoms with van der Waals surface area (Å²) in [7, 11) is -6.00. The molecular weight excluding hydrogens is 269 g/mol. The van der Waals surface area contributed by atoms with Crippen molar-refractivity contribution in [3.63, 3.8) is 0 Å². The first-order chi connectivity index (χ1) is 9.18. The normalized spacial score (nSPS) is 10.8. The molecule has 2 rings (SSSR count). The van der Waals surface area contributed by atoms with E-state index in [1.807, 2.05) is 6.07 Å². The Labute approximate surface area is 116 Å². The quantitative estimate of drug-likeness (QED) is 0.420. The average molecular weight is 285 g/mol. The Morgan fingerprint density at radius 2 is 1.20 bits per heavy atom. The Bertz CT molecular complexity index is 538. The molecule has 0 atom stereocenters. The topological polar surface area (TPSA) is 3.88 Å². The summed E-state index contributed by atoms with van der Waals surface area (Å²) in [6.07, 6.45) is 0. The van der Waals surface area contributed by atoms with Gasteiger partial charge in [-0.05, 0) is 12.5 Å². The summed E-state index contributed by atoms with van der Waals surface area (Å²) in [6.45, 7) is 6.43. The SMILES string of the molecule is Cc1cc(C)[n+](-c2ccccc2)c(C)c1.F[B-](F)(F)F. The second-order valence-corrected chi connectivity index (χ2v) is 4.48. The third kappa shape index (κ3) is 5.42. The largest absolute Gasteiger partial charge is 0.673 e. The zero-order valence-electron chi connectivity index (χ0n) is 11.6. The number of hydrogen-bond acceptors (Lipinski definition) is 0. The van der Waals surface area contributed by atoms with E-state index in [0.717, 1.165) is 0 Å². The number of aromatic nitrogens is 1. The van der Waals surface area contributed by atoms with E-state index in [1.54, 1.807) is 0 Å². The van der Waals surface area contributed by atoms with Gasteiger partial charge in [0.1, 0.15) is 0 Å². The van der Waals surface area contributed by atoms with Crippen LogP contribution in [0.15, 0.2) is 42.5 Å². The number of halogens is 4. The molecular formula is C14H16BF4N. The average Bonchev–Trinajstić information content (AvgIpc) is 2.26. The van der Waals surface area contributed by atoms with Crippen LogP contribution in [0.5, 0.6) is 0 Å². The maximum atomic E-state index is 9.75. The van der Waals surface area contributed by atoms with Gasteiger partial charge in [-0.15, -0.1) is 0 Å². The molecule has 0 aliphatic rings. The van der Waals surface area contributed by atoms with Gasteiger partial charge in [0.2, 0.25) is 5.69 Å². The van der Waals surface area contributed by atoms with E-state index in [0.29, 0.717) is 0 Å². The molecule has 0 aliphatic heterocycles. The molecule has 1 aromatic carbocycles. The number of pyridine rings is 1. The van der Waals surface area contributed by atoms with Gasteiger partial charge in [-0.1, -0.05) is 18.2 Å². The molecule has 108 valence electrons. The second kappa shape index (κ2) is 6.54. The smallest absolute Gasteiger partial charge is 0.418 e. The van der Waals surface area contributed by atoms with Crippen LogP contribution >= 0.6 is 0 Å². The highest BCUT2D eigenvalue weighted by Gasteiger charge is 2.20. The van der Waals surface area contributed by atoms with Gasteiger partial charge >= 0.3 is 7.25 Å². The number of nitrogens with zero attached hydrogens (tertiary/aromatic N) is 1. The van der Waals surface area contributed by atoms with Gasteiger partial charge in [-0.25, -0.2) is 0 Å². The molecule has 2 aromatic rings. The Hall–Kier alpha value is -1.85. The molecule has 0 amide bonds. The molecule has 1 nitrogen and oxygen atoms in total. The minimum Gasteiger partial charge on any atom is -0.418 e. The minimum absolute atomic E-state index is 1.23. The number of hydrogen-bond donors (Lipinski definition) is 0. The van der Waals surface area contributed by atoms with Crippen molar-refractivity contribution in [2.24, 2.45) is 0 Å². The minimum atomic E-state index is -6.00. The zero-order valence-corrected chi connectivity index (χ0v) is 11.6. The van der Waals surface area contributed by atoms with Crippen molar-refractivity contribution in [3.8, 4) is 5.69 Å². The molecule has 0 saturated carbocycles. The number of rotatable bonds is 1. The summed E-state index contributed by atoms with van der Waals surface area (Å²) >= 11 is 0. The zero-order chi connectivity index (χ0) is 15.3. The summed E-state index contributed by atoms with van der Waals surface area (Å²) in [5, 5.41) is 0.